The third kappa shape index (κ3) is 7.99. The lowest BCUT2D eigenvalue weighted by Gasteiger charge is -2.48. The minimum atomic E-state index is -0.0416. The van der Waals surface area contributed by atoms with Gasteiger partial charge in [0.1, 0.15) is 6.61 Å². The Kier molecular flexibility index (Phi) is 8.01. The van der Waals surface area contributed by atoms with E-state index in [0.717, 1.165) is 25.2 Å². The zero-order chi connectivity index (χ0) is 19.2. The molecule has 1 saturated heterocycles. The van der Waals surface area contributed by atoms with Crippen molar-refractivity contribution in [2.24, 2.45) is 5.92 Å². The van der Waals surface area contributed by atoms with Crippen LogP contribution < -0.4 is 0 Å². The zero-order valence-electron chi connectivity index (χ0n) is 18.1. The first-order chi connectivity index (χ1) is 12.1. The van der Waals surface area contributed by atoms with E-state index in [4.69, 9.17) is 9.47 Å². The van der Waals surface area contributed by atoms with Gasteiger partial charge in [0.2, 0.25) is 0 Å². The highest BCUT2D eigenvalue weighted by molar-refractivity contribution is 4.99. The van der Waals surface area contributed by atoms with Crippen LogP contribution in [-0.2, 0) is 9.47 Å². The summed E-state index contributed by atoms with van der Waals surface area (Å²) in [6.45, 7) is 16.4. The van der Waals surface area contributed by atoms with Crippen molar-refractivity contribution >= 4 is 0 Å². The van der Waals surface area contributed by atoms with Gasteiger partial charge >= 0.3 is 0 Å². The van der Waals surface area contributed by atoms with E-state index in [-0.39, 0.29) is 5.60 Å². The fourth-order valence-electron chi connectivity index (χ4n) is 3.67. The van der Waals surface area contributed by atoms with Gasteiger partial charge in [0.25, 0.3) is 0 Å². The third-order valence-corrected chi connectivity index (χ3v) is 5.41. The SMILES string of the molecule is CC(C)(C)OC1CC(OCC#CCCCCCC2CN(C(C)(C)C)C2)C1. The molecule has 0 aromatic rings. The molecule has 1 aliphatic heterocycles. The number of ether oxygens (including phenoxy) is 2. The fourth-order valence-corrected chi connectivity index (χ4v) is 3.67. The number of unbranched alkanes of at least 4 members (excludes halogenated alkanes) is 3. The van der Waals surface area contributed by atoms with Gasteiger partial charge in [-0.3, -0.25) is 4.90 Å². The molecule has 0 bridgehead atoms. The van der Waals surface area contributed by atoms with Crippen molar-refractivity contribution in [2.45, 2.75) is 110 Å². The van der Waals surface area contributed by atoms with Gasteiger partial charge in [-0.15, -0.1) is 5.92 Å². The normalized spacial score (nSPS) is 24.5. The van der Waals surface area contributed by atoms with Crippen molar-refractivity contribution in [3.05, 3.63) is 0 Å². The second kappa shape index (κ2) is 9.58. The molecule has 0 N–H and O–H groups in total. The van der Waals surface area contributed by atoms with Crippen molar-refractivity contribution in [3.63, 3.8) is 0 Å². The molecule has 2 fully saturated rings. The van der Waals surface area contributed by atoms with Gasteiger partial charge in [-0.1, -0.05) is 18.8 Å². The summed E-state index contributed by atoms with van der Waals surface area (Å²) in [6, 6.07) is 0. The van der Waals surface area contributed by atoms with Crippen LogP contribution in [0.2, 0.25) is 0 Å². The highest BCUT2D eigenvalue weighted by Crippen LogP contribution is 2.30. The van der Waals surface area contributed by atoms with Crippen LogP contribution in [0.25, 0.3) is 0 Å². The van der Waals surface area contributed by atoms with Crippen molar-refractivity contribution < 1.29 is 9.47 Å². The third-order valence-electron chi connectivity index (χ3n) is 5.41. The lowest BCUT2D eigenvalue weighted by molar-refractivity contribution is -0.144. The smallest absolute Gasteiger partial charge is 0.108 e. The average Bonchev–Trinajstić information content (AvgIpc) is 2.41. The van der Waals surface area contributed by atoms with Gasteiger partial charge in [-0.05, 0) is 60.3 Å². The summed E-state index contributed by atoms with van der Waals surface area (Å²) in [6.07, 6.45) is 9.08. The van der Waals surface area contributed by atoms with Gasteiger partial charge < -0.3 is 9.47 Å². The Morgan fingerprint density at radius 3 is 2.19 bits per heavy atom. The molecule has 0 aromatic heterocycles. The van der Waals surface area contributed by atoms with Crippen LogP contribution >= 0.6 is 0 Å². The van der Waals surface area contributed by atoms with Crippen LogP contribution in [0.1, 0.15) is 86.5 Å². The van der Waals surface area contributed by atoms with E-state index in [1.807, 2.05) is 0 Å². The summed E-state index contributed by atoms with van der Waals surface area (Å²) < 4.78 is 11.7. The summed E-state index contributed by atoms with van der Waals surface area (Å²) in [5.74, 6) is 7.37. The highest BCUT2D eigenvalue weighted by Gasteiger charge is 2.34. The number of rotatable bonds is 8. The van der Waals surface area contributed by atoms with Crippen molar-refractivity contribution in [2.75, 3.05) is 19.7 Å². The molecular weight excluding hydrogens is 322 g/mol. The first-order valence-corrected chi connectivity index (χ1v) is 10.6. The lowest BCUT2D eigenvalue weighted by atomic mass is 9.88. The molecule has 2 aliphatic rings. The Balaban J connectivity index is 1.37. The lowest BCUT2D eigenvalue weighted by Crippen LogP contribution is -2.55. The second-order valence-electron chi connectivity index (χ2n) is 10.2. The molecule has 1 saturated carbocycles. The summed E-state index contributed by atoms with van der Waals surface area (Å²) in [5, 5.41) is 0. The van der Waals surface area contributed by atoms with Crippen molar-refractivity contribution in [1.82, 2.24) is 4.90 Å². The van der Waals surface area contributed by atoms with Crippen LogP contribution in [-0.4, -0.2) is 47.9 Å². The maximum atomic E-state index is 5.92. The number of nitrogens with zero attached hydrogens (tertiary/aromatic N) is 1. The maximum absolute atomic E-state index is 5.92. The molecule has 3 nitrogen and oxygen atoms in total. The predicted molar refractivity (Wildman–Crippen MR) is 109 cm³/mol. The number of hydrogen-bond donors (Lipinski definition) is 0. The largest absolute Gasteiger partial charge is 0.372 e. The Labute approximate surface area is 162 Å². The molecule has 26 heavy (non-hydrogen) atoms. The van der Waals surface area contributed by atoms with E-state index in [9.17, 15) is 0 Å². The number of likely N-dealkylation sites (tertiary alicyclic amines) is 1. The van der Waals surface area contributed by atoms with E-state index in [1.54, 1.807) is 0 Å². The fraction of sp³-hybridized carbons (Fsp3) is 0.913. The summed E-state index contributed by atoms with van der Waals surface area (Å²) in [7, 11) is 0. The first kappa shape index (κ1) is 21.7. The monoisotopic (exact) mass is 363 g/mol. The average molecular weight is 364 g/mol. The van der Waals surface area contributed by atoms with Crippen LogP contribution in [0.5, 0.6) is 0 Å². The minimum absolute atomic E-state index is 0.0416. The minimum Gasteiger partial charge on any atom is -0.372 e. The Hall–Kier alpha value is -0.560. The standard InChI is InChI=1S/C23H41NO2/c1-22(2,3)24-17-19(18-24)13-11-9-7-8-10-12-14-25-20-15-21(16-20)26-23(4,5)6/h19-21H,7-9,11,13-18H2,1-6H3. The molecule has 150 valence electrons. The quantitative estimate of drug-likeness (QED) is 0.446. The van der Waals surface area contributed by atoms with E-state index in [2.05, 4.69) is 58.3 Å². The molecule has 1 aliphatic carbocycles. The van der Waals surface area contributed by atoms with Crippen LogP contribution in [0, 0.1) is 17.8 Å². The summed E-state index contributed by atoms with van der Waals surface area (Å²) in [5.41, 5.74) is 0.314. The van der Waals surface area contributed by atoms with Gasteiger partial charge in [0.15, 0.2) is 0 Å². The Bertz CT molecular complexity index is 465. The molecule has 0 atom stereocenters. The maximum Gasteiger partial charge on any atom is 0.108 e. The van der Waals surface area contributed by atoms with Gasteiger partial charge in [-0.25, -0.2) is 0 Å². The van der Waals surface area contributed by atoms with Crippen LogP contribution in [0.4, 0.5) is 0 Å². The molecule has 3 heteroatoms. The molecule has 0 amide bonds. The van der Waals surface area contributed by atoms with Crippen LogP contribution in [0.15, 0.2) is 0 Å². The predicted octanol–water partition coefficient (Wildman–Crippen LogP) is 5.03. The van der Waals surface area contributed by atoms with Gasteiger partial charge in [0.05, 0.1) is 17.8 Å². The first-order valence-electron chi connectivity index (χ1n) is 10.6. The molecule has 0 aromatic carbocycles. The van der Waals surface area contributed by atoms with Crippen molar-refractivity contribution in [3.8, 4) is 11.8 Å². The Morgan fingerprint density at radius 1 is 0.885 bits per heavy atom. The zero-order valence-corrected chi connectivity index (χ0v) is 18.1. The topological polar surface area (TPSA) is 21.7 Å². The molecule has 1 heterocycles. The molecule has 2 rings (SSSR count). The second-order valence-corrected chi connectivity index (χ2v) is 10.2. The van der Waals surface area contributed by atoms with Gasteiger partial charge in [-0.2, -0.15) is 0 Å². The van der Waals surface area contributed by atoms with E-state index in [1.165, 1.54) is 38.8 Å². The summed E-state index contributed by atoms with van der Waals surface area (Å²) >= 11 is 0. The molecule has 0 radical (unpaired) electrons. The number of hydrogen-bond acceptors (Lipinski definition) is 3. The van der Waals surface area contributed by atoms with E-state index >= 15 is 0 Å². The van der Waals surface area contributed by atoms with E-state index in [0.29, 0.717) is 24.4 Å². The Morgan fingerprint density at radius 2 is 1.58 bits per heavy atom. The molecule has 0 spiro atoms. The van der Waals surface area contributed by atoms with Gasteiger partial charge in [0, 0.05) is 37.9 Å². The van der Waals surface area contributed by atoms with Crippen LogP contribution in [0.3, 0.4) is 0 Å². The molecule has 0 unspecified atom stereocenters. The van der Waals surface area contributed by atoms with E-state index < -0.39 is 0 Å². The highest BCUT2D eigenvalue weighted by atomic mass is 16.5. The summed E-state index contributed by atoms with van der Waals surface area (Å²) in [4.78, 5) is 2.59. The molecular formula is C23H41NO2. The van der Waals surface area contributed by atoms with Crippen molar-refractivity contribution in [1.29, 1.82) is 0 Å².